The van der Waals surface area contributed by atoms with Crippen LogP contribution in [0.4, 0.5) is 0 Å². The minimum atomic E-state index is 0.833. The van der Waals surface area contributed by atoms with Crippen molar-refractivity contribution in [2.24, 2.45) is 63.2 Å². The molecule has 0 fully saturated rings. The lowest BCUT2D eigenvalue weighted by atomic mass is 10.3. The summed E-state index contributed by atoms with van der Waals surface area (Å²) in [5, 5.41) is 10.1. The fourth-order valence-electron chi connectivity index (χ4n) is 2.14. The number of thiophene rings is 2. The lowest BCUT2D eigenvalue weighted by Crippen LogP contribution is -1.66. The molecule has 0 saturated heterocycles. The van der Waals surface area contributed by atoms with Gasteiger partial charge in [0.15, 0.2) is 6.39 Å². The number of allylic oxidation sites excluding steroid dienone is 2. The molecule has 9 rings (SSSR count). The van der Waals surface area contributed by atoms with Gasteiger partial charge in [0.2, 0.25) is 0 Å². The summed E-state index contributed by atoms with van der Waals surface area (Å²) in [5.41, 5.74) is 1.79. The number of rotatable bonds is 0. The molecule has 9 heterocycles. The molecule has 0 spiro atoms. The number of nitrogens with zero attached hydrogens (tertiary/aromatic N) is 4. The predicted octanol–water partition coefficient (Wildman–Crippen LogP) is 25.8. The van der Waals surface area contributed by atoms with Gasteiger partial charge in [-0.3, -0.25) is 15.0 Å². The monoisotopic (exact) mass is 1180 g/mol. The van der Waals surface area contributed by atoms with Crippen LogP contribution in [0.2, 0.25) is 0 Å². The molecule has 0 aliphatic carbocycles. The van der Waals surface area contributed by atoms with Crippen LogP contribution in [-0.2, 0) is 0 Å². The zero-order valence-electron chi connectivity index (χ0n) is 56.8. The molecule has 1 N–H and O–H groups in total. The molecule has 0 saturated carbocycles. The minimum Gasteiger partial charge on any atom is -0.473 e. The minimum absolute atomic E-state index is 0.833. The van der Waals surface area contributed by atoms with E-state index in [2.05, 4.69) is 225 Å². The highest BCUT2D eigenvalue weighted by Gasteiger charge is 1.75. The van der Waals surface area contributed by atoms with E-state index in [0.29, 0.717) is 0 Å². The number of hydrogen-bond donors (Lipinski definition) is 1. The van der Waals surface area contributed by atoms with Crippen molar-refractivity contribution in [2.45, 2.75) is 200 Å². The molecule has 0 atom stereocenters. The summed E-state index contributed by atoms with van der Waals surface area (Å²) in [6.07, 6.45) is 29.9. The van der Waals surface area contributed by atoms with E-state index in [1.165, 1.54) is 12.7 Å². The van der Waals surface area contributed by atoms with Gasteiger partial charge in [0.25, 0.3) is 0 Å². The molecule has 11 heteroatoms. The predicted molar refractivity (Wildman–Crippen MR) is 375 cm³/mol. The van der Waals surface area contributed by atoms with Crippen molar-refractivity contribution >= 4 is 46.4 Å². The first-order valence-electron chi connectivity index (χ1n) is 29.0. The molecule has 0 bridgehead atoms. The summed E-state index contributed by atoms with van der Waals surface area (Å²) in [5.74, 6) is 7.50. The maximum atomic E-state index is 4.58. The van der Waals surface area contributed by atoms with E-state index in [4.69, 9.17) is 0 Å². The Kier molecular flexibility index (Phi) is 107. The molecular formula is C70H127N5O3S3. The van der Waals surface area contributed by atoms with Gasteiger partial charge in [0.05, 0.1) is 36.8 Å². The number of aromatic nitrogens is 3. The van der Waals surface area contributed by atoms with Gasteiger partial charge >= 0.3 is 0 Å². The second-order valence-corrected chi connectivity index (χ2v) is 25.3. The lowest BCUT2D eigenvalue weighted by Gasteiger charge is -1.79. The molecule has 0 aromatic carbocycles. The Hall–Kier alpha value is -5.10. The van der Waals surface area contributed by atoms with Crippen molar-refractivity contribution in [3.63, 3.8) is 0 Å². The standard InChI is InChI=1S/3C4H5N.2C4H4O.2C4H4S.9C4H10.C3H3NO.C3H3NS/c7*1-2-4-5-3-1;9*1-4(2)3;2*1-2-5-3-4-1/h2*1,3-4H,2H2;1-5H;4*1-4H;9*4H,1-3H3;2*1-3H. The van der Waals surface area contributed by atoms with Crippen LogP contribution in [0, 0.1) is 53.3 Å². The van der Waals surface area contributed by atoms with Crippen molar-refractivity contribution in [3.05, 3.63) is 180 Å². The van der Waals surface area contributed by atoms with Crippen LogP contribution in [0.25, 0.3) is 0 Å². The summed E-state index contributed by atoms with van der Waals surface area (Å²) in [6, 6.07) is 19.3. The number of oxazole rings is 1. The number of hydrogen-bond acceptors (Lipinski definition) is 10. The fourth-order valence-corrected chi connectivity index (χ4v) is 3.40. The van der Waals surface area contributed by atoms with Crippen LogP contribution >= 0.6 is 34.0 Å². The highest BCUT2D eigenvalue weighted by atomic mass is 32.1. The Labute approximate surface area is 514 Å². The number of furan rings is 2. The fraction of sp³-hybridized carbons (Fsp3) is 0.543. The number of H-pyrrole nitrogens is 1. The van der Waals surface area contributed by atoms with Gasteiger partial charge in [0, 0.05) is 61.6 Å². The first-order valence-corrected chi connectivity index (χ1v) is 31.9. The summed E-state index contributed by atoms with van der Waals surface area (Å²) in [7, 11) is 0. The Morgan fingerprint density at radius 2 is 0.617 bits per heavy atom. The Bertz CT molecular complexity index is 1340. The molecule has 468 valence electrons. The molecule has 0 amide bonds. The highest BCUT2D eigenvalue weighted by molar-refractivity contribution is 7.08. The lowest BCUT2D eigenvalue weighted by molar-refractivity contribution is 0.558. The van der Waals surface area contributed by atoms with Crippen LogP contribution in [-0.4, -0.2) is 27.4 Å². The van der Waals surface area contributed by atoms with E-state index in [1.807, 2.05) is 125 Å². The van der Waals surface area contributed by atoms with Gasteiger partial charge < -0.3 is 18.2 Å². The Morgan fingerprint density at radius 3 is 0.691 bits per heavy atom. The zero-order chi connectivity index (χ0) is 64.0. The molecule has 2 aliphatic rings. The third-order valence-electron chi connectivity index (χ3n) is 3.97. The van der Waals surface area contributed by atoms with Crippen LogP contribution in [0.3, 0.4) is 0 Å². The smallest absolute Gasteiger partial charge is 0.180 e. The number of aliphatic imine (C=N–C) groups is 2. The summed E-state index contributed by atoms with van der Waals surface area (Å²) >= 11 is 5.03. The zero-order valence-corrected chi connectivity index (χ0v) is 59.3. The van der Waals surface area contributed by atoms with Gasteiger partial charge in [-0.25, -0.2) is 4.98 Å². The second kappa shape index (κ2) is 91.4. The van der Waals surface area contributed by atoms with Crippen LogP contribution < -0.4 is 0 Å². The first-order chi connectivity index (χ1) is 38.1. The van der Waals surface area contributed by atoms with E-state index in [1.54, 1.807) is 89.4 Å². The third-order valence-corrected chi connectivity index (χ3v) is 5.75. The molecular weight excluding hydrogens is 1060 g/mol. The van der Waals surface area contributed by atoms with Crippen molar-refractivity contribution in [3.8, 4) is 0 Å². The normalized spacial score (nSPS) is 9.63. The number of thiazole rings is 1. The van der Waals surface area contributed by atoms with Gasteiger partial charge in [-0.1, -0.05) is 223 Å². The molecule has 2 aliphatic heterocycles. The topological polar surface area (TPSA) is 106 Å². The van der Waals surface area contributed by atoms with Crippen molar-refractivity contribution in [1.82, 2.24) is 15.0 Å². The van der Waals surface area contributed by atoms with E-state index < -0.39 is 0 Å². The molecule has 8 nitrogen and oxygen atoms in total. The van der Waals surface area contributed by atoms with Crippen LogP contribution in [0.5, 0.6) is 0 Å². The van der Waals surface area contributed by atoms with Gasteiger partial charge in [0.1, 0.15) is 6.26 Å². The van der Waals surface area contributed by atoms with Gasteiger partial charge in [-0.05, 0) is 111 Å². The third kappa shape index (κ3) is 250. The van der Waals surface area contributed by atoms with E-state index in [9.17, 15) is 0 Å². The number of nitrogens with one attached hydrogen (secondary N) is 1. The molecule has 0 radical (unpaired) electrons. The second-order valence-electron chi connectivity index (χ2n) is 22.9. The van der Waals surface area contributed by atoms with E-state index in [-0.39, 0.29) is 0 Å². The average Bonchev–Trinajstić information content (AvgIpc) is 4.22. The maximum Gasteiger partial charge on any atom is 0.180 e. The molecule has 0 unspecified atom stereocenters. The SMILES string of the molecule is C1=CN=CC1.C1=CN=CC1.CC(C)C.CC(C)C.CC(C)C.CC(C)C.CC(C)C.CC(C)C.CC(C)C.CC(C)C.CC(C)C.c1cc[nH]c1.c1ccoc1.c1ccoc1.c1ccsc1.c1ccsc1.c1cocn1.c1cscn1. The maximum absolute atomic E-state index is 4.58. The first kappa shape index (κ1) is 95.1. The Morgan fingerprint density at radius 1 is 0.321 bits per heavy atom. The molecule has 7 aromatic heterocycles. The van der Waals surface area contributed by atoms with Gasteiger partial charge in [-0.15, -0.1) is 11.3 Å². The largest absolute Gasteiger partial charge is 0.473 e. The van der Waals surface area contributed by atoms with Crippen LogP contribution in [0.15, 0.2) is 203 Å². The molecule has 81 heavy (non-hydrogen) atoms. The van der Waals surface area contributed by atoms with Crippen molar-refractivity contribution in [2.75, 3.05) is 0 Å². The number of aromatic amines is 1. The molecule has 7 aromatic rings. The Balaban J connectivity index is -0.0000000970. The van der Waals surface area contributed by atoms with Crippen molar-refractivity contribution < 1.29 is 13.3 Å². The summed E-state index contributed by atoms with van der Waals surface area (Å²) in [6.45, 7) is 58.5. The summed E-state index contributed by atoms with van der Waals surface area (Å²) in [4.78, 5) is 17.7. The van der Waals surface area contributed by atoms with E-state index >= 15 is 0 Å². The van der Waals surface area contributed by atoms with E-state index in [0.717, 1.165) is 66.1 Å². The van der Waals surface area contributed by atoms with Crippen molar-refractivity contribution in [1.29, 1.82) is 0 Å². The average molecular weight is 1180 g/mol. The van der Waals surface area contributed by atoms with Crippen LogP contribution in [0.1, 0.15) is 200 Å². The van der Waals surface area contributed by atoms with Gasteiger partial charge in [-0.2, -0.15) is 22.7 Å². The highest BCUT2D eigenvalue weighted by Crippen LogP contribution is 1.93. The summed E-state index contributed by atoms with van der Waals surface area (Å²) < 4.78 is 13.6. The quantitative estimate of drug-likeness (QED) is 0.163.